The van der Waals surface area contributed by atoms with Crippen LogP contribution in [-0.2, 0) is 6.54 Å². The van der Waals surface area contributed by atoms with Crippen molar-refractivity contribution in [3.63, 3.8) is 0 Å². The van der Waals surface area contributed by atoms with Crippen LogP contribution in [0, 0.1) is 0 Å². The summed E-state index contributed by atoms with van der Waals surface area (Å²) >= 11 is 6.80. The van der Waals surface area contributed by atoms with Gasteiger partial charge in [0.05, 0.1) is 13.3 Å². The first-order valence-corrected chi connectivity index (χ1v) is 7.76. The maximum absolute atomic E-state index is 12.7. The highest BCUT2D eigenvalue weighted by molar-refractivity contribution is 9.11. The summed E-state index contributed by atoms with van der Waals surface area (Å²) in [7, 11) is 1.54. The predicted octanol–water partition coefficient (Wildman–Crippen LogP) is 4.06. The van der Waals surface area contributed by atoms with E-state index in [0.717, 1.165) is 15.4 Å². The van der Waals surface area contributed by atoms with E-state index in [-0.39, 0.29) is 5.78 Å². The van der Waals surface area contributed by atoms with Gasteiger partial charge < -0.3 is 4.74 Å². The molecule has 0 fully saturated rings. The van der Waals surface area contributed by atoms with Gasteiger partial charge in [-0.1, -0.05) is 22.9 Å². The monoisotopic (exact) mass is 400 g/mol. The molecule has 0 unspecified atom stereocenters. The van der Waals surface area contributed by atoms with Crippen LogP contribution in [0.25, 0.3) is 0 Å². The second-order valence-electron chi connectivity index (χ2n) is 4.24. The van der Waals surface area contributed by atoms with Gasteiger partial charge >= 0.3 is 0 Å². The van der Waals surface area contributed by atoms with Crippen LogP contribution < -0.4 is 4.74 Å². The van der Waals surface area contributed by atoms with Gasteiger partial charge in [-0.15, -0.1) is 0 Å². The Bertz CT molecular complexity index is 638. The zero-order valence-corrected chi connectivity index (χ0v) is 14.4. The number of ether oxygens (including phenoxy) is 1. The van der Waals surface area contributed by atoms with Gasteiger partial charge in [-0.3, -0.25) is 9.48 Å². The van der Waals surface area contributed by atoms with E-state index in [1.165, 1.54) is 0 Å². The van der Waals surface area contributed by atoms with Crippen LogP contribution in [0.2, 0.25) is 0 Å². The number of hydrogen-bond acceptors (Lipinski definition) is 3. The van der Waals surface area contributed by atoms with E-state index in [2.05, 4.69) is 37.0 Å². The number of carbonyl (C=O) groups is 1. The summed E-state index contributed by atoms with van der Waals surface area (Å²) in [5.74, 6) is 0.394. The molecule has 0 saturated carbocycles. The molecular formula is C14H14Br2N2O2. The topological polar surface area (TPSA) is 44.1 Å². The molecule has 1 aromatic carbocycles. The predicted molar refractivity (Wildman–Crippen MR) is 84.3 cm³/mol. The van der Waals surface area contributed by atoms with Crippen molar-refractivity contribution in [2.45, 2.75) is 19.9 Å². The Hall–Kier alpha value is -1.14. The van der Waals surface area contributed by atoms with E-state index in [1.807, 2.05) is 19.1 Å². The van der Waals surface area contributed by atoms with Gasteiger partial charge in [0.2, 0.25) is 5.78 Å². The molecule has 6 heteroatoms. The molecule has 2 aromatic rings. The van der Waals surface area contributed by atoms with E-state index in [0.29, 0.717) is 23.6 Å². The highest BCUT2D eigenvalue weighted by Crippen LogP contribution is 2.27. The van der Waals surface area contributed by atoms with Gasteiger partial charge in [-0.2, -0.15) is 5.10 Å². The minimum Gasteiger partial charge on any atom is -0.493 e. The molecule has 1 aromatic heterocycles. The smallest absolute Gasteiger partial charge is 0.215 e. The largest absolute Gasteiger partial charge is 0.493 e. The molecule has 1 heterocycles. The summed E-state index contributed by atoms with van der Waals surface area (Å²) in [6.07, 6.45) is 2.47. The van der Waals surface area contributed by atoms with Crippen LogP contribution in [0.1, 0.15) is 29.4 Å². The number of aryl methyl sites for hydroxylation is 1. The summed E-state index contributed by atoms with van der Waals surface area (Å²) < 4.78 is 8.59. The summed E-state index contributed by atoms with van der Waals surface area (Å²) in [6.45, 7) is 2.72. The lowest BCUT2D eigenvalue weighted by Gasteiger charge is -2.09. The molecular weight excluding hydrogens is 388 g/mol. The number of aromatic nitrogens is 2. The molecule has 0 bridgehead atoms. The highest BCUT2D eigenvalue weighted by atomic mass is 79.9. The number of benzene rings is 1. The Morgan fingerprint density at radius 1 is 1.40 bits per heavy atom. The first kappa shape index (κ1) is 15.3. The third kappa shape index (κ3) is 2.96. The number of ketones is 1. The zero-order chi connectivity index (χ0) is 14.7. The van der Waals surface area contributed by atoms with Crippen LogP contribution in [0.3, 0.4) is 0 Å². The van der Waals surface area contributed by atoms with Crippen LogP contribution in [-0.4, -0.2) is 22.7 Å². The van der Waals surface area contributed by atoms with Crippen molar-refractivity contribution >= 4 is 37.6 Å². The molecule has 0 aliphatic heterocycles. The van der Waals surface area contributed by atoms with E-state index in [9.17, 15) is 4.79 Å². The third-order valence-electron chi connectivity index (χ3n) is 2.85. The quantitative estimate of drug-likeness (QED) is 0.709. The van der Waals surface area contributed by atoms with Gasteiger partial charge in [-0.05, 0) is 40.5 Å². The number of halogens is 2. The molecule has 0 spiro atoms. The second kappa shape index (κ2) is 6.54. The molecule has 0 atom stereocenters. The van der Waals surface area contributed by atoms with Crippen molar-refractivity contribution < 1.29 is 9.53 Å². The maximum Gasteiger partial charge on any atom is 0.215 e. The molecule has 2 rings (SSSR count). The first-order valence-electron chi connectivity index (χ1n) is 6.18. The van der Waals surface area contributed by atoms with Crippen LogP contribution in [0.15, 0.2) is 33.3 Å². The summed E-state index contributed by atoms with van der Waals surface area (Å²) in [4.78, 5) is 12.7. The molecule has 106 valence electrons. The molecule has 0 saturated heterocycles. The average Bonchev–Trinajstić information content (AvgIpc) is 2.81. The Kier molecular flexibility index (Phi) is 4.99. The van der Waals surface area contributed by atoms with Gasteiger partial charge in [0.25, 0.3) is 0 Å². The summed E-state index contributed by atoms with van der Waals surface area (Å²) in [6, 6.07) is 5.46. The van der Waals surface area contributed by atoms with Crippen LogP contribution >= 0.6 is 31.9 Å². The molecule has 4 nitrogen and oxygen atoms in total. The minimum absolute atomic E-state index is 0.104. The van der Waals surface area contributed by atoms with E-state index >= 15 is 0 Å². The van der Waals surface area contributed by atoms with E-state index in [1.54, 1.807) is 24.1 Å². The Labute approximate surface area is 134 Å². The number of nitrogens with zero attached hydrogens (tertiary/aromatic N) is 2. The lowest BCUT2D eigenvalue weighted by Crippen LogP contribution is -2.13. The van der Waals surface area contributed by atoms with Gasteiger partial charge in [0, 0.05) is 21.1 Å². The molecule has 0 amide bonds. The Morgan fingerprint density at radius 2 is 2.15 bits per heavy atom. The van der Waals surface area contributed by atoms with Crippen molar-refractivity contribution in [2.24, 2.45) is 0 Å². The minimum atomic E-state index is -0.104. The molecule has 0 aliphatic rings. The first-order chi connectivity index (χ1) is 9.58. The molecule has 0 aliphatic carbocycles. The van der Waals surface area contributed by atoms with E-state index in [4.69, 9.17) is 4.74 Å². The zero-order valence-electron chi connectivity index (χ0n) is 11.2. The fourth-order valence-electron chi connectivity index (χ4n) is 1.93. The maximum atomic E-state index is 12.7. The second-order valence-corrected chi connectivity index (χ2v) is 6.01. The molecule has 0 N–H and O–H groups in total. The van der Waals surface area contributed by atoms with Crippen molar-refractivity contribution in [3.05, 3.63) is 44.6 Å². The summed E-state index contributed by atoms with van der Waals surface area (Å²) in [5.41, 5.74) is 1.07. The number of carbonyl (C=O) groups excluding carboxylic acids is 1. The van der Waals surface area contributed by atoms with Gasteiger partial charge in [0.1, 0.15) is 0 Å². The van der Waals surface area contributed by atoms with Gasteiger partial charge in [0.15, 0.2) is 11.4 Å². The third-order valence-corrected chi connectivity index (χ3v) is 4.00. The Morgan fingerprint density at radius 3 is 2.75 bits per heavy atom. The lowest BCUT2D eigenvalue weighted by molar-refractivity contribution is 0.102. The van der Waals surface area contributed by atoms with Crippen molar-refractivity contribution in [2.75, 3.05) is 7.11 Å². The summed E-state index contributed by atoms with van der Waals surface area (Å²) in [5, 5.41) is 4.22. The highest BCUT2D eigenvalue weighted by Gasteiger charge is 2.22. The van der Waals surface area contributed by atoms with Crippen molar-refractivity contribution in [1.29, 1.82) is 0 Å². The van der Waals surface area contributed by atoms with Crippen molar-refractivity contribution in [3.8, 4) is 5.75 Å². The number of rotatable bonds is 5. The fourth-order valence-corrected chi connectivity index (χ4v) is 3.16. The van der Waals surface area contributed by atoms with Gasteiger partial charge in [-0.25, -0.2) is 0 Å². The SMILES string of the molecule is CCCn1ncc(OC)c1C(=O)c1ccc(Br)cc1Br. The number of methoxy groups -OCH3 is 1. The van der Waals surface area contributed by atoms with Crippen molar-refractivity contribution in [1.82, 2.24) is 9.78 Å². The van der Waals surface area contributed by atoms with E-state index < -0.39 is 0 Å². The molecule has 20 heavy (non-hydrogen) atoms. The van der Waals surface area contributed by atoms with Crippen LogP contribution in [0.4, 0.5) is 0 Å². The molecule has 0 radical (unpaired) electrons. The lowest BCUT2D eigenvalue weighted by atomic mass is 10.1. The average molecular weight is 402 g/mol. The normalized spacial score (nSPS) is 10.6. The van der Waals surface area contributed by atoms with Crippen LogP contribution in [0.5, 0.6) is 5.75 Å². The standard InChI is InChI=1S/C14H14Br2N2O2/c1-3-6-18-13(12(20-2)8-17-18)14(19)10-5-4-9(15)7-11(10)16/h4-5,7-8H,3,6H2,1-2H3. The number of hydrogen-bond donors (Lipinski definition) is 0. The Balaban J connectivity index is 2.49. The fraction of sp³-hybridized carbons (Fsp3) is 0.286.